The minimum absolute atomic E-state index is 0.209. The monoisotopic (exact) mass is 395 g/mol. The predicted molar refractivity (Wildman–Crippen MR) is 109 cm³/mol. The Morgan fingerprint density at radius 3 is 2.41 bits per heavy atom. The molecule has 1 aliphatic carbocycles. The Morgan fingerprint density at radius 2 is 1.72 bits per heavy atom. The highest BCUT2D eigenvalue weighted by atomic mass is 19.1. The summed E-state index contributed by atoms with van der Waals surface area (Å²) >= 11 is 0. The zero-order valence-electron chi connectivity index (χ0n) is 16.7. The number of rotatable bonds is 7. The van der Waals surface area contributed by atoms with Crippen LogP contribution in [0.2, 0.25) is 0 Å². The topological polar surface area (TPSA) is 51.4 Å². The summed E-state index contributed by atoms with van der Waals surface area (Å²) in [5, 5.41) is 4.16. The van der Waals surface area contributed by atoms with Gasteiger partial charge in [0.25, 0.3) is 0 Å². The van der Waals surface area contributed by atoms with Crippen LogP contribution >= 0.6 is 0 Å². The van der Waals surface area contributed by atoms with E-state index in [-0.39, 0.29) is 5.82 Å². The fraction of sp³-hybridized carbons (Fsp3) is 0.391. The fourth-order valence-electron chi connectivity index (χ4n) is 3.93. The van der Waals surface area contributed by atoms with Gasteiger partial charge in [-0.15, -0.1) is 0 Å². The largest absolute Gasteiger partial charge is 0.497 e. The molecule has 4 rings (SSSR count). The van der Waals surface area contributed by atoms with Crippen molar-refractivity contribution in [2.24, 2.45) is 0 Å². The number of nitrogens with zero attached hydrogens (tertiary/aromatic N) is 3. The summed E-state index contributed by atoms with van der Waals surface area (Å²) in [6.07, 6.45) is 6.11. The zero-order chi connectivity index (χ0) is 20.1. The van der Waals surface area contributed by atoms with Crippen LogP contribution in [-0.2, 0) is 13.1 Å². The molecule has 0 saturated heterocycles. The molecule has 5 nitrogen and oxygen atoms in total. The second-order valence-corrected chi connectivity index (χ2v) is 7.56. The van der Waals surface area contributed by atoms with Crippen molar-refractivity contribution in [3.05, 3.63) is 65.8 Å². The first kappa shape index (κ1) is 19.6. The third kappa shape index (κ3) is 5.01. The second kappa shape index (κ2) is 9.18. The Kier molecular flexibility index (Phi) is 6.20. The van der Waals surface area contributed by atoms with Gasteiger partial charge in [0, 0.05) is 18.2 Å². The Morgan fingerprint density at radius 1 is 1.00 bits per heavy atom. The van der Waals surface area contributed by atoms with E-state index in [1.165, 1.54) is 44.2 Å². The highest BCUT2D eigenvalue weighted by Crippen LogP contribution is 2.26. The smallest absolute Gasteiger partial charge is 0.241 e. The number of halogens is 1. The highest BCUT2D eigenvalue weighted by Gasteiger charge is 2.23. The molecule has 1 heterocycles. The van der Waals surface area contributed by atoms with E-state index in [1.807, 2.05) is 36.4 Å². The van der Waals surface area contributed by atoms with Crippen molar-refractivity contribution in [2.45, 2.75) is 51.2 Å². The van der Waals surface area contributed by atoms with E-state index in [0.29, 0.717) is 24.3 Å². The van der Waals surface area contributed by atoms with Gasteiger partial charge in [-0.05, 0) is 54.8 Å². The number of methoxy groups -OCH3 is 1. The van der Waals surface area contributed by atoms with E-state index in [2.05, 4.69) is 15.0 Å². The lowest BCUT2D eigenvalue weighted by Gasteiger charge is -2.33. The standard InChI is InChI=1S/C23H26FN3O2/c1-28-21-13-9-18(10-14-21)23-25-22(29-26-23)16-27(20-5-3-2-4-6-20)15-17-7-11-19(24)12-8-17/h7-14,20H,2-6,15-16H2,1H3. The average molecular weight is 395 g/mol. The van der Waals surface area contributed by atoms with Crippen LogP contribution in [0.1, 0.15) is 43.6 Å². The number of hydrogen-bond acceptors (Lipinski definition) is 5. The third-order valence-corrected chi connectivity index (χ3v) is 5.54. The third-order valence-electron chi connectivity index (χ3n) is 5.54. The molecule has 0 radical (unpaired) electrons. The molecule has 3 aromatic rings. The van der Waals surface area contributed by atoms with Gasteiger partial charge in [-0.3, -0.25) is 4.90 Å². The average Bonchev–Trinajstić information content (AvgIpc) is 3.24. The molecule has 29 heavy (non-hydrogen) atoms. The van der Waals surface area contributed by atoms with Crippen molar-refractivity contribution in [2.75, 3.05) is 7.11 Å². The number of hydrogen-bond donors (Lipinski definition) is 0. The minimum Gasteiger partial charge on any atom is -0.497 e. The Labute approximate surface area is 170 Å². The maximum absolute atomic E-state index is 13.3. The van der Waals surface area contributed by atoms with Gasteiger partial charge in [0.1, 0.15) is 11.6 Å². The van der Waals surface area contributed by atoms with E-state index < -0.39 is 0 Å². The van der Waals surface area contributed by atoms with Crippen LogP contribution in [0.5, 0.6) is 5.75 Å². The molecule has 2 aromatic carbocycles. The minimum atomic E-state index is -0.209. The van der Waals surface area contributed by atoms with Crippen molar-refractivity contribution in [1.82, 2.24) is 15.0 Å². The van der Waals surface area contributed by atoms with E-state index in [1.54, 1.807) is 7.11 Å². The van der Waals surface area contributed by atoms with Crippen LogP contribution in [0.4, 0.5) is 4.39 Å². The molecule has 1 aromatic heterocycles. The molecule has 1 aliphatic rings. The van der Waals surface area contributed by atoms with Gasteiger partial charge in [-0.2, -0.15) is 4.98 Å². The maximum atomic E-state index is 13.3. The molecule has 0 aliphatic heterocycles. The number of benzene rings is 2. The molecule has 1 fully saturated rings. The van der Waals surface area contributed by atoms with E-state index in [0.717, 1.165) is 23.4 Å². The number of ether oxygens (including phenoxy) is 1. The fourth-order valence-corrected chi connectivity index (χ4v) is 3.93. The van der Waals surface area contributed by atoms with Gasteiger partial charge in [-0.1, -0.05) is 36.6 Å². The SMILES string of the molecule is COc1ccc(-c2noc(CN(Cc3ccc(F)cc3)C3CCCCC3)n2)cc1. The van der Waals surface area contributed by atoms with Crippen molar-refractivity contribution in [1.29, 1.82) is 0 Å². The molecule has 0 amide bonds. The van der Waals surface area contributed by atoms with Gasteiger partial charge in [0.15, 0.2) is 0 Å². The second-order valence-electron chi connectivity index (χ2n) is 7.56. The summed E-state index contributed by atoms with van der Waals surface area (Å²) in [4.78, 5) is 6.99. The van der Waals surface area contributed by atoms with Crippen molar-refractivity contribution >= 4 is 0 Å². The summed E-state index contributed by atoms with van der Waals surface area (Å²) in [6.45, 7) is 1.33. The summed E-state index contributed by atoms with van der Waals surface area (Å²) in [7, 11) is 1.64. The van der Waals surface area contributed by atoms with E-state index >= 15 is 0 Å². The van der Waals surface area contributed by atoms with Crippen LogP contribution in [0.3, 0.4) is 0 Å². The van der Waals surface area contributed by atoms with Gasteiger partial charge in [0.05, 0.1) is 13.7 Å². The first-order valence-corrected chi connectivity index (χ1v) is 10.2. The molecule has 0 atom stereocenters. The van der Waals surface area contributed by atoms with Gasteiger partial charge < -0.3 is 9.26 Å². The lowest BCUT2D eigenvalue weighted by atomic mass is 9.94. The predicted octanol–water partition coefficient (Wildman–Crippen LogP) is 5.22. The molecular weight excluding hydrogens is 369 g/mol. The normalized spacial score (nSPS) is 15.0. The Bertz CT molecular complexity index is 903. The quantitative estimate of drug-likeness (QED) is 0.549. The van der Waals surface area contributed by atoms with Crippen molar-refractivity contribution < 1.29 is 13.7 Å². The molecule has 152 valence electrons. The first-order chi connectivity index (χ1) is 14.2. The van der Waals surface area contributed by atoms with Gasteiger partial charge in [0.2, 0.25) is 11.7 Å². The number of aromatic nitrogens is 2. The maximum Gasteiger partial charge on any atom is 0.241 e. The summed E-state index contributed by atoms with van der Waals surface area (Å²) < 4.78 is 24.0. The lowest BCUT2D eigenvalue weighted by molar-refractivity contribution is 0.124. The zero-order valence-corrected chi connectivity index (χ0v) is 16.7. The van der Waals surface area contributed by atoms with Crippen molar-refractivity contribution in [3.63, 3.8) is 0 Å². The van der Waals surface area contributed by atoms with E-state index in [4.69, 9.17) is 9.26 Å². The molecule has 0 spiro atoms. The molecule has 0 bridgehead atoms. The lowest BCUT2D eigenvalue weighted by Crippen LogP contribution is -2.36. The summed E-state index contributed by atoms with van der Waals surface area (Å²) in [5.41, 5.74) is 1.98. The van der Waals surface area contributed by atoms with Crippen LogP contribution in [0.15, 0.2) is 53.1 Å². The van der Waals surface area contributed by atoms with E-state index in [9.17, 15) is 4.39 Å². The van der Waals surface area contributed by atoms with Crippen LogP contribution in [0, 0.1) is 5.82 Å². The molecule has 0 N–H and O–H groups in total. The van der Waals surface area contributed by atoms with Gasteiger partial charge >= 0.3 is 0 Å². The molecule has 6 heteroatoms. The Balaban J connectivity index is 1.50. The highest BCUT2D eigenvalue weighted by molar-refractivity contribution is 5.55. The van der Waals surface area contributed by atoms with Gasteiger partial charge in [-0.25, -0.2) is 4.39 Å². The molecule has 0 unspecified atom stereocenters. The molecular formula is C23H26FN3O2. The molecule has 1 saturated carbocycles. The summed E-state index contributed by atoms with van der Waals surface area (Å²) in [6, 6.07) is 14.8. The first-order valence-electron chi connectivity index (χ1n) is 10.2. The van der Waals surface area contributed by atoms with Crippen LogP contribution in [-0.4, -0.2) is 28.2 Å². The van der Waals surface area contributed by atoms with Crippen LogP contribution < -0.4 is 4.74 Å². The van der Waals surface area contributed by atoms with Crippen LogP contribution in [0.25, 0.3) is 11.4 Å². The summed E-state index contributed by atoms with van der Waals surface area (Å²) in [5.74, 6) is 1.76. The van der Waals surface area contributed by atoms with Crippen molar-refractivity contribution in [3.8, 4) is 17.1 Å². The Hall–Kier alpha value is -2.73.